The Morgan fingerprint density at radius 3 is 2.67 bits per heavy atom. The highest BCUT2D eigenvalue weighted by Crippen LogP contribution is 2.35. The number of nitrogens with one attached hydrogen (secondary N) is 1. The third kappa shape index (κ3) is 4.87. The standard InChI is InChI=1S/C23H30ClN3O3/c1-4-12-27-19(15-26-13-10-16(3)11-14-26)20(22(28)30-5-2)21(25-23(27)29)17-8-6-7-9-18(17)24/h4,6-9,16,21H,1,5,10-15H2,2-3H3,(H,25,29)/t21-/m0/s1. The number of benzene rings is 1. The number of amides is 2. The Morgan fingerprint density at radius 1 is 1.33 bits per heavy atom. The van der Waals surface area contributed by atoms with Crippen molar-refractivity contribution in [2.45, 2.75) is 32.7 Å². The number of carbonyl (C=O) groups excluding carboxylic acids is 2. The summed E-state index contributed by atoms with van der Waals surface area (Å²) in [6, 6.07) is 6.32. The fourth-order valence-corrected chi connectivity index (χ4v) is 4.26. The van der Waals surface area contributed by atoms with Crippen LogP contribution in [0.1, 0.15) is 38.3 Å². The lowest BCUT2D eigenvalue weighted by Crippen LogP contribution is -2.51. The minimum absolute atomic E-state index is 0.251. The van der Waals surface area contributed by atoms with E-state index in [0.29, 0.717) is 40.9 Å². The predicted octanol–water partition coefficient (Wildman–Crippen LogP) is 4.14. The first-order valence-corrected chi connectivity index (χ1v) is 10.9. The summed E-state index contributed by atoms with van der Waals surface area (Å²) in [6.07, 6.45) is 3.86. The van der Waals surface area contributed by atoms with Gasteiger partial charge in [0.05, 0.1) is 18.2 Å². The van der Waals surface area contributed by atoms with Crippen LogP contribution in [0.5, 0.6) is 0 Å². The van der Waals surface area contributed by atoms with Crippen LogP contribution in [-0.4, -0.2) is 54.6 Å². The molecule has 3 rings (SSSR count). The van der Waals surface area contributed by atoms with Gasteiger partial charge in [0, 0.05) is 23.8 Å². The van der Waals surface area contributed by atoms with Gasteiger partial charge in [-0.15, -0.1) is 6.58 Å². The number of esters is 1. The first kappa shape index (κ1) is 22.4. The minimum Gasteiger partial charge on any atom is -0.463 e. The number of halogens is 1. The number of hydrogen-bond donors (Lipinski definition) is 1. The highest BCUT2D eigenvalue weighted by molar-refractivity contribution is 6.31. The van der Waals surface area contributed by atoms with Crippen LogP contribution in [0.4, 0.5) is 4.79 Å². The third-order valence-electron chi connectivity index (χ3n) is 5.71. The lowest BCUT2D eigenvalue weighted by Gasteiger charge is -2.39. The molecule has 1 fully saturated rings. The molecule has 0 bridgehead atoms. The van der Waals surface area contributed by atoms with E-state index < -0.39 is 12.0 Å². The summed E-state index contributed by atoms with van der Waals surface area (Å²) >= 11 is 6.44. The molecule has 0 aromatic heterocycles. The Bertz CT molecular complexity index is 831. The van der Waals surface area contributed by atoms with Crippen LogP contribution >= 0.6 is 11.6 Å². The first-order valence-electron chi connectivity index (χ1n) is 10.5. The quantitative estimate of drug-likeness (QED) is 0.520. The molecular weight excluding hydrogens is 402 g/mol. The summed E-state index contributed by atoms with van der Waals surface area (Å²) in [4.78, 5) is 30.0. The molecule has 2 heterocycles. The van der Waals surface area contributed by atoms with Crippen molar-refractivity contribution in [1.82, 2.24) is 15.1 Å². The summed E-state index contributed by atoms with van der Waals surface area (Å²) in [6.45, 7) is 10.7. The van der Waals surface area contributed by atoms with Crippen LogP contribution in [0.25, 0.3) is 0 Å². The van der Waals surface area contributed by atoms with Crippen molar-refractivity contribution in [1.29, 1.82) is 0 Å². The normalized spacial score (nSPS) is 20.8. The van der Waals surface area contributed by atoms with E-state index in [0.717, 1.165) is 25.9 Å². The van der Waals surface area contributed by atoms with Crippen LogP contribution in [0.2, 0.25) is 5.02 Å². The third-order valence-corrected chi connectivity index (χ3v) is 6.06. The number of hydrogen-bond acceptors (Lipinski definition) is 4. The molecule has 6 nitrogen and oxygen atoms in total. The molecule has 0 radical (unpaired) electrons. The second kappa shape index (κ2) is 10.1. The van der Waals surface area contributed by atoms with Crippen molar-refractivity contribution >= 4 is 23.6 Å². The van der Waals surface area contributed by atoms with Crippen LogP contribution in [0.3, 0.4) is 0 Å². The molecule has 1 N–H and O–H groups in total. The summed E-state index contributed by atoms with van der Waals surface area (Å²) in [5.41, 5.74) is 1.78. The van der Waals surface area contributed by atoms with Gasteiger partial charge in [-0.05, 0) is 50.4 Å². The molecule has 7 heteroatoms. The topological polar surface area (TPSA) is 61.9 Å². The van der Waals surface area contributed by atoms with E-state index in [4.69, 9.17) is 16.3 Å². The van der Waals surface area contributed by atoms with E-state index in [2.05, 4.69) is 23.7 Å². The molecule has 0 unspecified atom stereocenters. The molecule has 1 atom stereocenters. The molecule has 2 amide bonds. The van der Waals surface area contributed by atoms with E-state index in [1.54, 1.807) is 24.0 Å². The zero-order valence-electron chi connectivity index (χ0n) is 17.7. The van der Waals surface area contributed by atoms with Crippen molar-refractivity contribution in [2.75, 3.05) is 32.8 Å². The van der Waals surface area contributed by atoms with Gasteiger partial charge in [-0.3, -0.25) is 9.80 Å². The van der Waals surface area contributed by atoms with Gasteiger partial charge in [0.1, 0.15) is 0 Å². The van der Waals surface area contributed by atoms with E-state index in [1.807, 2.05) is 18.2 Å². The number of nitrogens with zero attached hydrogens (tertiary/aromatic N) is 2. The Kier molecular flexibility index (Phi) is 7.56. The maximum Gasteiger partial charge on any atom is 0.338 e. The van der Waals surface area contributed by atoms with Crippen LogP contribution < -0.4 is 5.32 Å². The minimum atomic E-state index is -0.662. The zero-order chi connectivity index (χ0) is 21.7. The summed E-state index contributed by atoms with van der Waals surface area (Å²) in [5.74, 6) is 0.256. The largest absolute Gasteiger partial charge is 0.463 e. The van der Waals surface area contributed by atoms with E-state index in [-0.39, 0.29) is 12.6 Å². The fraction of sp³-hybridized carbons (Fsp3) is 0.478. The molecule has 0 saturated carbocycles. The van der Waals surface area contributed by atoms with Gasteiger partial charge in [-0.2, -0.15) is 0 Å². The maximum absolute atomic E-state index is 13.1. The molecule has 162 valence electrons. The summed E-state index contributed by atoms with van der Waals surface area (Å²) in [5, 5.41) is 3.44. The molecule has 1 saturated heterocycles. The highest BCUT2D eigenvalue weighted by atomic mass is 35.5. The molecule has 1 aromatic carbocycles. The molecule has 30 heavy (non-hydrogen) atoms. The highest BCUT2D eigenvalue weighted by Gasteiger charge is 2.39. The number of ether oxygens (including phenoxy) is 1. The molecule has 0 spiro atoms. The number of urea groups is 1. The van der Waals surface area contributed by atoms with E-state index in [9.17, 15) is 9.59 Å². The SMILES string of the molecule is C=CCN1C(=O)N[C@@H](c2ccccc2Cl)C(C(=O)OCC)=C1CN1CCC(C)CC1. The number of rotatable bonds is 7. The van der Waals surface area contributed by atoms with Crippen molar-refractivity contribution in [3.8, 4) is 0 Å². The number of piperidine rings is 1. The number of likely N-dealkylation sites (tertiary alicyclic amines) is 1. The Morgan fingerprint density at radius 2 is 2.03 bits per heavy atom. The Balaban J connectivity index is 2.09. The van der Waals surface area contributed by atoms with Gasteiger partial charge in [-0.25, -0.2) is 9.59 Å². The van der Waals surface area contributed by atoms with Gasteiger partial charge in [0.2, 0.25) is 0 Å². The average Bonchev–Trinajstić information content (AvgIpc) is 2.72. The van der Waals surface area contributed by atoms with Gasteiger partial charge in [0.15, 0.2) is 0 Å². The Labute approximate surface area is 183 Å². The van der Waals surface area contributed by atoms with Crippen molar-refractivity contribution < 1.29 is 14.3 Å². The average molecular weight is 432 g/mol. The van der Waals surface area contributed by atoms with Gasteiger partial charge in [0.25, 0.3) is 0 Å². The maximum atomic E-state index is 13.1. The molecule has 2 aliphatic heterocycles. The molecular formula is C23H30ClN3O3. The fourth-order valence-electron chi connectivity index (χ4n) is 4.02. The van der Waals surface area contributed by atoms with Crippen LogP contribution in [-0.2, 0) is 9.53 Å². The van der Waals surface area contributed by atoms with Gasteiger partial charge >= 0.3 is 12.0 Å². The Hall–Kier alpha value is -2.31. The van der Waals surface area contributed by atoms with Crippen LogP contribution in [0, 0.1) is 5.92 Å². The van der Waals surface area contributed by atoms with E-state index in [1.165, 1.54) is 0 Å². The second-order valence-electron chi connectivity index (χ2n) is 7.84. The van der Waals surface area contributed by atoms with Gasteiger partial charge in [-0.1, -0.05) is 42.8 Å². The van der Waals surface area contributed by atoms with Gasteiger partial charge < -0.3 is 10.1 Å². The smallest absolute Gasteiger partial charge is 0.338 e. The lowest BCUT2D eigenvalue weighted by molar-refractivity contribution is -0.139. The second-order valence-corrected chi connectivity index (χ2v) is 8.25. The monoisotopic (exact) mass is 431 g/mol. The van der Waals surface area contributed by atoms with Crippen molar-refractivity contribution in [3.63, 3.8) is 0 Å². The molecule has 2 aliphatic rings. The first-order chi connectivity index (χ1) is 14.5. The molecule has 1 aromatic rings. The number of carbonyl (C=O) groups is 2. The van der Waals surface area contributed by atoms with Crippen LogP contribution in [0.15, 0.2) is 48.2 Å². The van der Waals surface area contributed by atoms with Crippen molar-refractivity contribution in [2.24, 2.45) is 5.92 Å². The predicted molar refractivity (Wildman–Crippen MR) is 118 cm³/mol. The summed E-state index contributed by atoms with van der Waals surface area (Å²) in [7, 11) is 0. The summed E-state index contributed by atoms with van der Waals surface area (Å²) < 4.78 is 5.41. The molecule has 0 aliphatic carbocycles. The lowest BCUT2D eigenvalue weighted by atomic mass is 9.93. The van der Waals surface area contributed by atoms with Crippen molar-refractivity contribution in [3.05, 3.63) is 58.8 Å². The zero-order valence-corrected chi connectivity index (χ0v) is 18.5. The van der Waals surface area contributed by atoms with E-state index >= 15 is 0 Å².